The quantitative estimate of drug-likeness (QED) is 0.474. The maximum atomic E-state index is 12.9. The van der Waals surface area contributed by atoms with E-state index in [0.29, 0.717) is 28.3 Å². The summed E-state index contributed by atoms with van der Waals surface area (Å²) in [6.07, 6.45) is 0. The summed E-state index contributed by atoms with van der Waals surface area (Å²) in [7, 11) is -1.82. The lowest BCUT2D eigenvalue weighted by Crippen LogP contribution is -2.17. The number of carbonyl (C=O) groups excluding carboxylic acids is 1. The Morgan fingerprint density at radius 2 is 1.90 bits per heavy atom. The Kier molecular flexibility index (Phi) is 4.97. The normalized spacial score (nSPS) is 14.1. The van der Waals surface area contributed by atoms with Gasteiger partial charge in [0.1, 0.15) is 11.6 Å². The van der Waals surface area contributed by atoms with E-state index in [0.717, 1.165) is 0 Å². The molecule has 0 saturated carbocycles. The molecule has 0 radical (unpaired) electrons. The van der Waals surface area contributed by atoms with Crippen molar-refractivity contribution in [3.05, 3.63) is 75.0 Å². The van der Waals surface area contributed by atoms with E-state index in [2.05, 4.69) is 10.4 Å². The molecule has 1 amide bonds. The van der Waals surface area contributed by atoms with E-state index in [9.17, 15) is 23.3 Å². The van der Waals surface area contributed by atoms with E-state index < -0.39 is 20.7 Å². The number of hydrogen-bond acceptors (Lipinski definition) is 7. The van der Waals surface area contributed by atoms with Gasteiger partial charge in [-0.25, -0.2) is 13.1 Å². The first kappa shape index (κ1) is 20.5. The maximum Gasteiger partial charge on any atom is 0.273 e. The van der Waals surface area contributed by atoms with Gasteiger partial charge in [-0.05, 0) is 37.3 Å². The van der Waals surface area contributed by atoms with Crippen LogP contribution in [0.15, 0.2) is 42.5 Å². The summed E-state index contributed by atoms with van der Waals surface area (Å²) in [5.41, 5.74) is 1.69. The topological polar surface area (TPSA) is 133 Å². The van der Waals surface area contributed by atoms with Gasteiger partial charge in [0.15, 0.2) is 9.84 Å². The summed E-state index contributed by atoms with van der Waals surface area (Å²) < 4.78 is 30.8. The molecule has 1 N–H and O–H groups in total. The summed E-state index contributed by atoms with van der Waals surface area (Å²) >= 11 is 0. The largest absolute Gasteiger partial charge is 0.497 e. The van der Waals surface area contributed by atoms with Crippen LogP contribution >= 0.6 is 0 Å². The molecule has 0 saturated heterocycles. The molecule has 1 aliphatic rings. The van der Waals surface area contributed by atoms with Crippen molar-refractivity contribution in [1.82, 2.24) is 9.78 Å². The van der Waals surface area contributed by atoms with Gasteiger partial charge >= 0.3 is 0 Å². The predicted molar refractivity (Wildman–Crippen MR) is 112 cm³/mol. The number of nitro benzene ring substituents is 1. The van der Waals surface area contributed by atoms with Crippen molar-refractivity contribution >= 4 is 27.2 Å². The Morgan fingerprint density at radius 1 is 1.19 bits per heavy atom. The number of fused-ring (bicyclic) bond motifs is 1. The highest BCUT2D eigenvalue weighted by Crippen LogP contribution is 2.33. The molecule has 4 rings (SSSR count). The van der Waals surface area contributed by atoms with Crippen LogP contribution in [0.2, 0.25) is 0 Å². The molecule has 2 heterocycles. The number of aromatic nitrogens is 2. The van der Waals surface area contributed by atoms with Gasteiger partial charge in [0.2, 0.25) is 0 Å². The lowest BCUT2D eigenvalue weighted by Gasteiger charge is -2.12. The molecule has 0 spiro atoms. The highest BCUT2D eigenvalue weighted by molar-refractivity contribution is 7.90. The van der Waals surface area contributed by atoms with Gasteiger partial charge in [0, 0.05) is 22.8 Å². The number of anilines is 1. The molecule has 10 nitrogen and oxygen atoms in total. The molecule has 0 atom stereocenters. The van der Waals surface area contributed by atoms with Crippen molar-refractivity contribution in [3.8, 4) is 11.4 Å². The predicted octanol–water partition coefficient (Wildman–Crippen LogP) is 2.78. The average molecular weight is 442 g/mol. The van der Waals surface area contributed by atoms with E-state index in [-0.39, 0.29) is 28.6 Å². The molecule has 11 heteroatoms. The molecular weight excluding hydrogens is 424 g/mol. The Bertz CT molecular complexity index is 1310. The first-order chi connectivity index (χ1) is 14.7. The number of nitrogens with zero attached hydrogens (tertiary/aromatic N) is 3. The molecule has 160 valence electrons. The van der Waals surface area contributed by atoms with Gasteiger partial charge in [-0.15, -0.1) is 0 Å². The molecule has 0 unspecified atom stereocenters. The molecule has 0 aliphatic carbocycles. The Labute approximate surface area is 177 Å². The van der Waals surface area contributed by atoms with Crippen molar-refractivity contribution in [2.75, 3.05) is 12.4 Å². The smallest absolute Gasteiger partial charge is 0.273 e. The number of ether oxygens (including phenoxy) is 1. The molecule has 3 aromatic rings. The summed E-state index contributed by atoms with van der Waals surface area (Å²) in [4.78, 5) is 23.6. The minimum atomic E-state index is -3.35. The SMILES string of the molecule is COc1ccc(-n2nc3c(c2NC(=O)c2ccc(C)c([N+](=O)[O-])c2)CS(=O)(=O)C3)cc1. The van der Waals surface area contributed by atoms with Crippen LogP contribution in [0.4, 0.5) is 11.5 Å². The van der Waals surface area contributed by atoms with Crippen LogP contribution in [0.5, 0.6) is 5.75 Å². The van der Waals surface area contributed by atoms with Gasteiger partial charge in [-0.3, -0.25) is 14.9 Å². The lowest BCUT2D eigenvalue weighted by molar-refractivity contribution is -0.385. The monoisotopic (exact) mass is 442 g/mol. The van der Waals surface area contributed by atoms with Crippen molar-refractivity contribution in [3.63, 3.8) is 0 Å². The summed E-state index contributed by atoms with van der Waals surface area (Å²) in [5, 5.41) is 18.3. The number of benzene rings is 2. The van der Waals surface area contributed by atoms with E-state index >= 15 is 0 Å². The first-order valence-electron chi connectivity index (χ1n) is 9.20. The van der Waals surface area contributed by atoms with Gasteiger partial charge in [0.25, 0.3) is 11.6 Å². The number of nitrogens with one attached hydrogen (secondary N) is 1. The molecule has 0 bridgehead atoms. The lowest BCUT2D eigenvalue weighted by atomic mass is 10.1. The fourth-order valence-electron chi connectivity index (χ4n) is 3.41. The van der Waals surface area contributed by atoms with E-state index in [1.165, 1.54) is 30.0 Å². The number of hydrogen-bond donors (Lipinski definition) is 1. The van der Waals surface area contributed by atoms with Crippen LogP contribution in [0.1, 0.15) is 27.2 Å². The Hall–Kier alpha value is -3.73. The standard InChI is InChI=1S/C20H18N4O6S/c1-12-3-4-13(9-18(12)24(26)27)20(25)21-19-16-10-31(28,29)11-17(16)22-23(19)14-5-7-15(30-2)8-6-14/h3-9H,10-11H2,1-2H3,(H,21,25). The molecule has 31 heavy (non-hydrogen) atoms. The average Bonchev–Trinajstić information content (AvgIpc) is 3.20. The third-order valence-electron chi connectivity index (χ3n) is 5.00. The zero-order valence-electron chi connectivity index (χ0n) is 16.7. The number of rotatable bonds is 5. The van der Waals surface area contributed by atoms with Crippen LogP contribution in [0.25, 0.3) is 5.69 Å². The fraction of sp³-hybridized carbons (Fsp3) is 0.200. The summed E-state index contributed by atoms with van der Waals surface area (Å²) in [6, 6.07) is 11.0. The van der Waals surface area contributed by atoms with E-state index in [4.69, 9.17) is 4.74 Å². The first-order valence-corrected chi connectivity index (χ1v) is 11.0. The molecule has 0 fully saturated rings. The highest BCUT2D eigenvalue weighted by atomic mass is 32.2. The molecule has 1 aromatic heterocycles. The number of amides is 1. The molecule has 1 aliphatic heterocycles. The summed E-state index contributed by atoms with van der Waals surface area (Å²) in [6.45, 7) is 1.58. The number of aryl methyl sites for hydroxylation is 1. The zero-order chi connectivity index (χ0) is 22.3. The van der Waals surface area contributed by atoms with Crippen molar-refractivity contribution < 1.29 is 22.9 Å². The Morgan fingerprint density at radius 3 is 2.55 bits per heavy atom. The van der Waals surface area contributed by atoms with Crippen LogP contribution in [-0.2, 0) is 21.3 Å². The second kappa shape index (κ2) is 7.51. The van der Waals surface area contributed by atoms with Crippen LogP contribution in [0.3, 0.4) is 0 Å². The minimum absolute atomic E-state index is 0.0781. The van der Waals surface area contributed by atoms with Crippen LogP contribution in [0, 0.1) is 17.0 Å². The second-order valence-corrected chi connectivity index (χ2v) is 9.19. The third-order valence-corrected chi connectivity index (χ3v) is 6.45. The number of nitro groups is 1. The van der Waals surface area contributed by atoms with Crippen molar-refractivity contribution in [2.24, 2.45) is 0 Å². The second-order valence-electron chi connectivity index (χ2n) is 7.13. The van der Waals surface area contributed by atoms with E-state index in [1.807, 2.05) is 0 Å². The Balaban J connectivity index is 1.76. The highest BCUT2D eigenvalue weighted by Gasteiger charge is 2.33. The summed E-state index contributed by atoms with van der Waals surface area (Å²) in [5.74, 6) is -0.227. The van der Waals surface area contributed by atoms with E-state index in [1.54, 1.807) is 31.2 Å². The third kappa shape index (κ3) is 3.87. The molecule has 2 aromatic carbocycles. The van der Waals surface area contributed by atoms with Crippen LogP contribution in [-0.4, -0.2) is 36.1 Å². The van der Waals surface area contributed by atoms with Gasteiger partial charge in [-0.2, -0.15) is 5.10 Å². The van der Waals surface area contributed by atoms with Gasteiger partial charge < -0.3 is 10.1 Å². The zero-order valence-corrected chi connectivity index (χ0v) is 17.5. The maximum absolute atomic E-state index is 12.9. The van der Waals surface area contributed by atoms with Crippen molar-refractivity contribution in [2.45, 2.75) is 18.4 Å². The van der Waals surface area contributed by atoms with Gasteiger partial charge in [0.05, 0.1) is 34.9 Å². The number of methoxy groups -OCH3 is 1. The number of carbonyl (C=O) groups is 1. The minimum Gasteiger partial charge on any atom is -0.497 e. The van der Waals surface area contributed by atoms with Crippen LogP contribution < -0.4 is 10.1 Å². The van der Waals surface area contributed by atoms with Crippen molar-refractivity contribution in [1.29, 1.82) is 0 Å². The fourth-order valence-corrected chi connectivity index (χ4v) is 4.90. The number of sulfone groups is 1. The van der Waals surface area contributed by atoms with Gasteiger partial charge in [-0.1, -0.05) is 6.07 Å². The molecular formula is C20H18N4O6S.